The summed E-state index contributed by atoms with van der Waals surface area (Å²) in [5, 5.41) is 3.87. The van der Waals surface area contributed by atoms with Gasteiger partial charge < -0.3 is 9.09 Å². The van der Waals surface area contributed by atoms with E-state index in [1.807, 2.05) is 6.20 Å². The summed E-state index contributed by atoms with van der Waals surface area (Å²) in [6, 6.07) is 0. The Hall–Kier alpha value is -1.51. The predicted octanol–water partition coefficient (Wildman–Crippen LogP) is 2.09. The summed E-state index contributed by atoms with van der Waals surface area (Å²) >= 11 is 0. The van der Waals surface area contributed by atoms with Gasteiger partial charge in [-0.05, 0) is 25.3 Å². The molecule has 3 nitrogen and oxygen atoms in total. The molecule has 0 unspecified atom stereocenters. The van der Waals surface area contributed by atoms with Gasteiger partial charge in [0.25, 0.3) is 0 Å². The number of rotatable bonds is 0. The van der Waals surface area contributed by atoms with Gasteiger partial charge in [-0.1, -0.05) is 5.16 Å². The Morgan fingerprint density at radius 3 is 3.14 bits per heavy atom. The first-order valence-corrected chi connectivity index (χ1v) is 4.86. The molecule has 1 aliphatic rings. The summed E-state index contributed by atoms with van der Waals surface area (Å²) in [5.41, 5.74) is 5.14. The molecule has 0 bridgehead atoms. The second kappa shape index (κ2) is 2.50. The van der Waals surface area contributed by atoms with Crippen molar-refractivity contribution < 1.29 is 4.52 Å². The van der Waals surface area contributed by atoms with Crippen LogP contribution < -0.4 is 0 Å². The molecule has 0 aliphatic heterocycles. The molecule has 2 heterocycles. The normalized spacial score (nSPS) is 13.9. The van der Waals surface area contributed by atoms with Crippen LogP contribution in [-0.2, 0) is 19.9 Å². The van der Waals surface area contributed by atoms with Gasteiger partial charge >= 0.3 is 0 Å². The van der Waals surface area contributed by atoms with Gasteiger partial charge in [-0.3, -0.25) is 0 Å². The summed E-state index contributed by atoms with van der Waals surface area (Å²) in [4.78, 5) is 0. The first-order chi connectivity index (χ1) is 6.77. The van der Waals surface area contributed by atoms with Crippen LogP contribution in [0, 0.1) is 6.92 Å². The Morgan fingerprint density at radius 1 is 1.43 bits per heavy atom. The Labute approximate surface area is 82.3 Å². The highest BCUT2D eigenvalue weighted by Gasteiger charge is 2.24. The van der Waals surface area contributed by atoms with Crippen LogP contribution in [0.4, 0.5) is 0 Å². The monoisotopic (exact) mass is 188 g/mol. The molecule has 1 aliphatic carbocycles. The summed E-state index contributed by atoms with van der Waals surface area (Å²) < 4.78 is 7.50. The van der Waals surface area contributed by atoms with Crippen LogP contribution in [0.25, 0.3) is 11.3 Å². The fourth-order valence-corrected chi connectivity index (χ4v) is 2.35. The van der Waals surface area contributed by atoms with Gasteiger partial charge in [-0.2, -0.15) is 0 Å². The van der Waals surface area contributed by atoms with Crippen LogP contribution in [0.1, 0.15) is 16.8 Å². The van der Waals surface area contributed by atoms with E-state index < -0.39 is 0 Å². The Morgan fingerprint density at radius 2 is 2.29 bits per heavy atom. The number of hydrogen-bond acceptors (Lipinski definition) is 2. The average Bonchev–Trinajstić information content (AvgIpc) is 2.71. The summed E-state index contributed by atoms with van der Waals surface area (Å²) in [5.74, 6) is 0.976. The van der Waals surface area contributed by atoms with Crippen molar-refractivity contribution in [2.24, 2.45) is 7.05 Å². The zero-order valence-corrected chi connectivity index (χ0v) is 8.37. The molecule has 3 heteroatoms. The molecule has 0 saturated carbocycles. The van der Waals surface area contributed by atoms with Crippen LogP contribution >= 0.6 is 0 Å². The second-order valence-corrected chi connectivity index (χ2v) is 3.92. The van der Waals surface area contributed by atoms with Crippen molar-refractivity contribution in [1.82, 2.24) is 9.72 Å². The van der Waals surface area contributed by atoms with Gasteiger partial charge in [0, 0.05) is 30.1 Å². The largest absolute Gasteiger partial charge is 0.356 e. The zero-order chi connectivity index (χ0) is 9.71. The van der Waals surface area contributed by atoms with Crippen LogP contribution in [-0.4, -0.2) is 9.72 Å². The third-order valence-corrected chi connectivity index (χ3v) is 3.00. The highest BCUT2D eigenvalue weighted by molar-refractivity contribution is 5.70. The van der Waals surface area contributed by atoms with Crippen molar-refractivity contribution in [3.63, 3.8) is 0 Å². The second-order valence-electron chi connectivity index (χ2n) is 3.92. The first kappa shape index (κ1) is 7.85. The quantitative estimate of drug-likeness (QED) is 0.633. The molecule has 14 heavy (non-hydrogen) atoms. The Bertz CT molecular complexity index is 493. The van der Waals surface area contributed by atoms with Crippen LogP contribution in [0.3, 0.4) is 0 Å². The number of hydrogen-bond donors (Lipinski definition) is 0. The van der Waals surface area contributed by atoms with Crippen LogP contribution in [0.15, 0.2) is 16.9 Å². The lowest BCUT2D eigenvalue weighted by molar-refractivity contribution is 0.430. The van der Waals surface area contributed by atoms with E-state index in [1.54, 1.807) is 0 Å². The lowest BCUT2D eigenvalue weighted by atomic mass is 9.95. The minimum absolute atomic E-state index is 0.976. The van der Waals surface area contributed by atoms with Gasteiger partial charge in [0.05, 0.1) is 6.20 Å². The van der Waals surface area contributed by atoms with Crippen LogP contribution in [0.5, 0.6) is 0 Å². The third kappa shape index (κ3) is 0.842. The number of nitrogens with zero attached hydrogens (tertiary/aromatic N) is 2. The highest BCUT2D eigenvalue weighted by atomic mass is 16.5. The van der Waals surface area contributed by atoms with E-state index in [2.05, 4.69) is 29.9 Å². The molecule has 3 rings (SSSR count). The summed E-state index contributed by atoms with van der Waals surface area (Å²) in [6.45, 7) is 2.12. The average molecular weight is 188 g/mol. The van der Waals surface area contributed by atoms with E-state index in [9.17, 15) is 0 Å². The van der Waals surface area contributed by atoms with Crippen molar-refractivity contribution in [3.8, 4) is 11.3 Å². The van der Waals surface area contributed by atoms with E-state index in [4.69, 9.17) is 4.52 Å². The van der Waals surface area contributed by atoms with Crippen molar-refractivity contribution >= 4 is 0 Å². The molecule has 0 amide bonds. The molecule has 0 radical (unpaired) electrons. The third-order valence-electron chi connectivity index (χ3n) is 3.00. The Kier molecular flexibility index (Phi) is 1.40. The highest BCUT2D eigenvalue weighted by Crippen LogP contribution is 2.36. The van der Waals surface area contributed by atoms with E-state index in [-0.39, 0.29) is 0 Å². The first-order valence-electron chi connectivity index (χ1n) is 4.86. The number of fused-ring (bicyclic) bond motifs is 3. The molecule has 0 N–H and O–H groups in total. The maximum Gasteiger partial charge on any atom is 0.172 e. The molecule has 0 fully saturated rings. The van der Waals surface area contributed by atoms with E-state index in [1.165, 1.54) is 22.4 Å². The molecule has 0 spiro atoms. The molecule has 0 atom stereocenters. The number of aromatic nitrogens is 2. The van der Waals surface area contributed by atoms with E-state index in [0.29, 0.717) is 0 Å². The fraction of sp³-hybridized carbons (Fsp3) is 0.364. The number of aryl methyl sites for hydroxylation is 3. The molecular weight excluding hydrogens is 176 g/mol. The maximum absolute atomic E-state index is 5.31. The van der Waals surface area contributed by atoms with Crippen molar-refractivity contribution in [2.45, 2.75) is 19.8 Å². The maximum atomic E-state index is 5.31. The molecule has 2 aromatic heterocycles. The lowest BCUT2D eigenvalue weighted by Gasteiger charge is -2.12. The minimum atomic E-state index is 0.976. The minimum Gasteiger partial charge on any atom is -0.356 e. The van der Waals surface area contributed by atoms with Crippen LogP contribution in [0.2, 0.25) is 0 Å². The standard InChI is InChI=1S/C11H12N2O/c1-7-6-13(2)9-4-3-8-5-12-14-11(8)10(7)9/h5-6H,3-4H2,1-2H3. The molecule has 0 saturated heterocycles. The van der Waals surface area contributed by atoms with Crippen molar-refractivity contribution in [3.05, 3.63) is 29.2 Å². The summed E-state index contributed by atoms with van der Waals surface area (Å²) in [6.07, 6.45) is 6.13. The van der Waals surface area contributed by atoms with E-state index >= 15 is 0 Å². The zero-order valence-electron chi connectivity index (χ0n) is 8.37. The summed E-state index contributed by atoms with van der Waals surface area (Å²) in [7, 11) is 2.09. The van der Waals surface area contributed by atoms with Gasteiger partial charge in [0.15, 0.2) is 5.76 Å². The molecule has 72 valence electrons. The van der Waals surface area contributed by atoms with Gasteiger partial charge in [-0.15, -0.1) is 0 Å². The van der Waals surface area contributed by atoms with Gasteiger partial charge in [0.1, 0.15) is 0 Å². The SMILES string of the molecule is Cc1cn(C)c2c1-c1oncc1CC2. The Balaban J connectivity index is 2.35. The van der Waals surface area contributed by atoms with Crippen molar-refractivity contribution in [1.29, 1.82) is 0 Å². The molecule has 2 aromatic rings. The molecular formula is C11H12N2O. The lowest BCUT2D eigenvalue weighted by Crippen LogP contribution is -2.04. The van der Waals surface area contributed by atoms with Gasteiger partial charge in [-0.25, -0.2) is 0 Å². The molecule has 0 aromatic carbocycles. The van der Waals surface area contributed by atoms with Gasteiger partial charge in [0.2, 0.25) is 0 Å². The topological polar surface area (TPSA) is 31.0 Å². The van der Waals surface area contributed by atoms with E-state index in [0.717, 1.165) is 18.6 Å². The predicted molar refractivity (Wildman–Crippen MR) is 53.1 cm³/mol. The van der Waals surface area contributed by atoms with Crippen molar-refractivity contribution in [2.75, 3.05) is 0 Å². The fourth-order valence-electron chi connectivity index (χ4n) is 2.35. The smallest absolute Gasteiger partial charge is 0.172 e.